The third-order valence-corrected chi connectivity index (χ3v) is 5.65. The standard InChI is InChI=1S/C21H22N4O5S/c1-4-25-20(14-6-5-7-16-19(14)30-12-29-16)23-24-21(25)31-11-18(26)22-15-9-8-13(27-2)10-17(15)28-3/h5-10H,4,11-12H2,1-3H3,(H,22,26). The molecule has 31 heavy (non-hydrogen) atoms. The number of fused-ring (bicyclic) bond motifs is 1. The first-order chi connectivity index (χ1) is 15.1. The summed E-state index contributed by atoms with van der Waals surface area (Å²) in [6.07, 6.45) is 0. The molecule has 162 valence electrons. The van der Waals surface area contributed by atoms with Crippen LogP contribution in [0.1, 0.15) is 6.92 Å². The number of amides is 1. The molecule has 0 saturated heterocycles. The highest BCUT2D eigenvalue weighted by Crippen LogP contribution is 2.41. The Hall–Kier alpha value is -3.40. The number of carbonyl (C=O) groups is 1. The number of rotatable bonds is 8. The fraction of sp³-hybridized carbons (Fsp3) is 0.286. The van der Waals surface area contributed by atoms with Gasteiger partial charge in [0.05, 0.1) is 31.2 Å². The number of ether oxygens (including phenoxy) is 4. The molecule has 9 nitrogen and oxygen atoms in total. The molecule has 0 radical (unpaired) electrons. The fourth-order valence-electron chi connectivity index (χ4n) is 3.20. The van der Waals surface area contributed by atoms with Crippen molar-refractivity contribution in [3.8, 4) is 34.4 Å². The minimum Gasteiger partial charge on any atom is -0.497 e. The third-order valence-electron chi connectivity index (χ3n) is 4.69. The average Bonchev–Trinajstić information content (AvgIpc) is 3.44. The van der Waals surface area contributed by atoms with Gasteiger partial charge in [0.1, 0.15) is 11.5 Å². The summed E-state index contributed by atoms with van der Waals surface area (Å²) >= 11 is 1.31. The van der Waals surface area contributed by atoms with Gasteiger partial charge < -0.3 is 28.8 Å². The van der Waals surface area contributed by atoms with E-state index in [-0.39, 0.29) is 18.5 Å². The number of anilines is 1. The maximum Gasteiger partial charge on any atom is 0.234 e. The van der Waals surface area contributed by atoms with E-state index in [0.29, 0.717) is 46.2 Å². The first kappa shape index (κ1) is 20.9. The van der Waals surface area contributed by atoms with Crippen LogP contribution in [-0.4, -0.2) is 47.4 Å². The summed E-state index contributed by atoms with van der Waals surface area (Å²) in [6, 6.07) is 10.9. The number of nitrogens with zero attached hydrogens (tertiary/aromatic N) is 3. The molecule has 0 spiro atoms. The maximum atomic E-state index is 12.5. The molecule has 3 aromatic rings. The van der Waals surface area contributed by atoms with Crippen LogP contribution in [0.15, 0.2) is 41.6 Å². The van der Waals surface area contributed by atoms with Crippen LogP contribution in [0.25, 0.3) is 11.4 Å². The zero-order valence-corrected chi connectivity index (χ0v) is 18.2. The summed E-state index contributed by atoms with van der Waals surface area (Å²) in [4.78, 5) is 12.5. The Labute approximate surface area is 183 Å². The van der Waals surface area contributed by atoms with Crippen LogP contribution in [-0.2, 0) is 11.3 Å². The predicted octanol–water partition coefficient (Wildman–Crippen LogP) is 3.44. The number of nitrogens with one attached hydrogen (secondary N) is 1. The van der Waals surface area contributed by atoms with Crippen LogP contribution >= 0.6 is 11.8 Å². The lowest BCUT2D eigenvalue weighted by Crippen LogP contribution is -2.15. The van der Waals surface area contributed by atoms with Crippen LogP contribution in [0.4, 0.5) is 5.69 Å². The quantitative estimate of drug-likeness (QED) is 0.530. The summed E-state index contributed by atoms with van der Waals surface area (Å²) in [7, 11) is 3.12. The van der Waals surface area contributed by atoms with Gasteiger partial charge in [-0.25, -0.2) is 0 Å². The smallest absolute Gasteiger partial charge is 0.234 e. The second-order valence-electron chi connectivity index (χ2n) is 6.49. The van der Waals surface area contributed by atoms with Crippen molar-refractivity contribution in [2.24, 2.45) is 0 Å². The van der Waals surface area contributed by atoms with Gasteiger partial charge >= 0.3 is 0 Å². The summed E-state index contributed by atoms with van der Waals surface area (Å²) in [6.45, 7) is 2.83. The van der Waals surface area contributed by atoms with Gasteiger partial charge in [-0.05, 0) is 31.2 Å². The molecular weight excluding hydrogens is 420 g/mol. The van der Waals surface area contributed by atoms with Gasteiger partial charge in [0.2, 0.25) is 12.7 Å². The number of aromatic nitrogens is 3. The van der Waals surface area contributed by atoms with Crippen molar-refractivity contribution in [3.63, 3.8) is 0 Å². The van der Waals surface area contributed by atoms with Crippen molar-refractivity contribution in [1.82, 2.24) is 14.8 Å². The molecule has 0 atom stereocenters. The molecule has 0 unspecified atom stereocenters. The summed E-state index contributed by atoms with van der Waals surface area (Å²) in [5, 5.41) is 12.1. The fourth-order valence-corrected chi connectivity index (χ4v) is 4.01. The van der Waals surface area contributed by atoms with Crippen molar-refractivity contribution in [2.45, 2.75) is 18.6 Å². The molecule has 10 heteroatoms. The van der Waals surface area contributed by atoms with E-state index in [9.17, 15) is 4.79 Å². The maximum absolute atomic E-state index is 12.5. The Morgan fingerprint density at radius 3 is 2.84 bits per heavy atom. The Morgan fingerprint density at radius 1 is 1.19 bits per heavy atom. The van der Waals surface area contributed by atoms with Crippen LogP contribution in [0, 0.1) is 0 Å². The first-order valence-corrected chi connectivity index (χ1v) is 10.6. The van der Waals surface area contributed by atoms with E-state index >= 15 is 0 Å². The molecule has 0 bridgehead atoms. The van der Waals surface area contributed by atoms with Crippen LogP contribution in [0.5, 0.6) is 23.0 Å². The first-order valence-electron chi connectivity index (χ1n) is 9.61. The van der Waals surface area contributed by atoms with Crippen molar-refractivity contribution in [2.75, 3.05) is 32.1 Å². The highest BCUT2D eigenvalue weighted by Gasteiger charge is 2.23. The molecule has 1 aliphatic rings. The van der Waals surface area contributed by atoms with E-state index in [1.54, 1.807) is 32.4 Å². The third kappa shape index (κ3) is 4.24. The number of para-hydroxylation sites is 1. The molecule has 2 aromatic carbocycles. The van der Waals surface area contributed by atoms with Crippen molar-refractivity contribution in [1.29, 1.82) is 0 Å². The summed E-state index contributed by atoms with van der Waals surface area (Å²) < 4.78 is 23.5. The largest absolute Gasteiger partial charge is 0.497 e. The molecule has 1 amide bonds. The summed E-state index contributed by atoms with van der Waals surface area (Å²) in [5.74, 6) is 3.17. The molecule has 1 aliphatic heterocycles. The normalized spacial score (nSPS) is 12.0. The molecule has 0 aliphatic carbocycles. The molecule has 1 N–H and O–H groups in total. The summed E-state index contributed by atoms with van der Waals surface area (Å²) in [5.41, 5.74) is 1.38. The molecule has 0 fully saturated rings. The molecular formula is C21H22N4O5S. The number of methoxy groups -OCH3 is 2. The molecule has 2 heterocycles. The zero-order valence-electron chi connectivity index (χ0n) is 17.4. The van der Waals surface area contributed by atoms with E-state index in [4.69, 9.17) is 18.9 Å². The predicted molar refractivity (Wildman–Crippen MR) is 116 cm³/mol. The van der Waals surface area contributed by atoms with Gasteiger partial charge in [0.15, 0.2) is 22.5 Å². The second-order valence-corrected chi connectivity index (χ2v) is 7.44. The van der Waals surface area contributed by atoms with E-state index < -0.39 is 0 Å². The number of hydrogen-bond acceptors (Lipinski definition) is 8. The Balaban J connectivity index is 1.48. The van der Waals surface area contributed by atoms with Crippen molar-refractivity contribution in [3.05, 3.63) is 36.4 Å². The van der Waals surface area contributed by atoms with E-state index in [1.165, 1.54) is 11.8 Å². The highest BCUT2D eigenvalue weighted by atomic mass is 32.2. The van der Waals surface area contributed by atoms with Crippen LogP contribution in [0.2, 0.25) is 0 Å². The van der Waals surface area contributed by atoms with Gasteiger partial charge in [0.25, 0.3) is 0 Å². The Morgan fingerprint density at radius 2 is 2.06 bits per heavy atom. The monoisotopic (exact) mass is 442 g/mol. The molecule has 1 aromatic heterocycles. The van der Waals surface area contributed by atoms with E-state index in [2.05, 4.69) is 15.5 Å². The van der Waals surface area contributed by atoms with E-state index in [0.717, 1.165) is 5.56 Å². The van der Waals surface area contributed by atoms with Gasteiger partial charge in [-0.2, -0.15) is 0 Å². The average molecular weight is 442 g/mol. The lowest BCUT2D eigenvalue weighted by Gasteiger charge is -2.12. The highest BCUT2D eigenvalue weighted by molar-refractivity contribution is 7.99. The SMILES string of the molecule is CCn1c(SCC(=O)Nc2ccc(OC)cc2OC)nnc1-c1cccc2c1OCO2. The van der Waals surface area contributed by atoms with Gasteiger partial charge in [-0.3, -0.25) is 4.79 Å². The number of hydrogen-bond donors (Lipinski definition) is 1. The second kappa shape index (κ2) is 9.17. The lowest BCUT2D eigenvalue weighted by atomic mass is 10.1. The molecule has 0 saturated carbocycles. The van der Waals surface area contributed by atoms with Crippen molar-refractivity contribution >= 4 is 23.4 Å². The lowest BCUT2D eigenvalue weighted by molar-refractivity contribution is -0.113. The minimum absolute atomic E-state index is 0.166. The van der Waals surface area contributed by atoms with Crippen LogP contribution in [0.3, 0.4) is 0 Å². The number of benzene rings is 2. The van der Waals surface area contributed by atoms with Crippen LogP contribution < -0.4 is 24.3 Å². The number of thioether (sulfide) groups is 1. The van der Waals surface area contributed by atoms with Gasteiger partial charge in [0, 0.05) is 12.6 Å². The van der Waals surface area contributed by atoms with E-state index in [1.807, 2.05) is 29.7 Å². The number of carbonyl (C=O) groups excluding carboxylic acids is 1. The van der Waals surface area contributed by atoms with Gasteiger partial charge in [-0.1, -0.05) is 17.8 Å². The topological polar surface area (TPSA) is 96.7 Å². The minimum atomic E-state index is -0.182. The Bertz CT molecular complexity index is 1100. The van der Waals surface area contributed by atoms with Gasteiger partial charge in [-0.15, -0.1) is 10.2 Å². The Kier molecular flexibility index (Phi) is 6.17. The zero-order chi connectivity index (χ0) is 21.8. The van der Waals surface area contributed by atoms with Crippen molar-refractivity contribution < 1.29 is 23.7 Å². The molecule has 4 rings (SSSR count).